The third-order valence-corrected chi connectivity index (χ3v) is 4.80. The minimum Gasteiger partial charge on any atom is -0.481 e. The fraction of sp³-hybridized carbons (Fsp3) is 0.905. The number of carbonyl (C=O) groups excluding carboxylic acids is 1. The van der Waals surface area contributed by atoms with Crippen molar-refractivity contribution in [2.45, 2.75) is 90.9 Å². The smallest absolute Gasteiger partial charge is 0.305 e. The van der Waals surface area contributed by atoms with Crippen molar-refractivity contribution in [1.29, 1.82) is 0 Å². The van der Waals surface area contributed by atoms with Crippen LogP contribution in [-0.4, -0.2) is 48.7 Å². The molecule has 26 heavy (non-hydrogen) atoms. The predicted octanol–water partition coefficient (Wildman–Crippen LogP) is 4.88. The Kier molecular flexibility index (Phi) is 16.6. The number of likely N-dealkylation sites (tertiary alicyclic amines) is 1. The molecule has 1 heterocycles. The highest BCUT2D eigenvalue weighted by Gasteiger charge is 2.18. The molecule has 0 radical (unpaired) electrons. The first kappa shape index (κ1) is 24.9. The largest absolute Gasteiger partial charge is 0.481 e. The molecule has 0 aromatic heterocycles. The number of ether oxygens (including phenoxy) is 1. The van der Waals surface area contributed by atoms with Crippen molar-refractivity contribution in [3.8, 4) is 0 Å². The zero-order chi connectivity index (χ0) is 19.6. The van der Waals surface area contributed by atoms with Gasteiger partial charge < -0.3 is 14.7 Å². The van der Waals surface area contributed by atoms with Crippen LogP contribution in [0.3, 0.4) is 0 Å². The molecular weight excluding hydrogens is 330 g/mol. The third-order valence-electron chi connectivity index (χ3n) is 4.80. The average molecular weight is 372 g/mol. The van der Waals surface area contributed by atoms with Crippen LogP contribution < -0.4 is 0 Å². The molecule has 0 unspecified atom stereocenters. The summed E-state index contributed by atoms with van der Waals surface area (Å²) in [4.78, 5) is 23.1. The van der Waals surface area contributed by atoms with Gasteiger partial charge in [-0.1, -0.05) is 58.3 Å². The molecule has 0 bridgehead atoms. The van der Waals surface area contributed by atoms with E-state index in [2.05, 4.69) is 18.9 Å². The van der Waals surface area contributed by atoms with Crippen LogP contribution in [0.4, 0.5) is 0 Å². The molecule has 0 aliphatic carbocycles. The van der Waals surface area contributed by atoms with Crippen LogP contribution >= 0.6 is 0 Å². The minimum atomic E-state index is -0.833. The highest BCUT2D eigenvalue weighted by atomic mass is 16.5. The summed E-state index contributed by atoms with van der Waals surface area (Å²) in [6.45, 7) is 6.26. The number of aliphatic carboxylic acids is 1. The summed E-state index contributed by atoms with van der Waals surface area (Å²) >= 11 is 0. The van der Waals surface area contributed by atoms with Crippen LogP contribution in [0.15, 0.2) is 0 Å². The maximum Gasteiger partial charge on any atom is 0.305 e. The molecule has 0 aromatic rings. The Labute approximate surface area is 160 Å². The van der Waals surface area contributed by atoms with Gasteiger partial charge in [-0.15, -0.1) is 0 Å². The van der Waals surface area contributed by atoms with E-state index in [1.165, 1.54) is 64.2 Å². The molecule has 5 heteroatoms. The van der Waals surface area contributed by atoms with Gasteiger partial charge in [-0.05, 0) is 45.3 Å². The quantitative estimate of drug-likeness (QED) is 0.391. The van der Waals surface area contributed by atoms with Crippen molar-refractivity contribution >= 4 is 11.9 Å². The second-order valence-corrected chi connectivity index (χ2v) is 7.53. The number of hydrogen-bond donors (Lipinski definition) is 1. The average Bonchev–Trinajstić information content (AvgIpc) is 2.59. The van der Waals surface area contributed by atoms with Gasteiger partial charge >= 0.3 is 5.97 Å². The Morgan fingerprint density at radius 2 is 1.42 bits per heavy atom. The standard InChI is InChI=1S/C19H37NO2.C2H4O2/c1-3-4-5-6-7-8-9-10-11-12-19(21)22-17-18-13-15-20(2)16-14-18;1-2(3)4/h18H,3-17H2,1-2H3;1H3,(H,3,4). The van der Waals surface area contributed by atoms with E-state index in [-0.39, 0.29) is 5.97 Å². The third kappa shape index (κ3) is 17.7. The molecular formula is C21H41NO4. The molecule has 1 N–H and O–H groups in total. The van der Waals surface area contributed by atoms with E-state index in [0.717, 1.165) is 26.4 Å². The number of carbonyl (C=O) groups is 2. The molecule has 1 aliphatic heterocycles. The summed E-state index contributed by atoms with van der Waals surface area (Å²) in [6.07, 6.45) is 14.6. The van der Waals surface area contributed by atoms with Gasteiger partial charge in [0.2, 0.25) is 0 Å². The van der Waals surface area contributed by atoms with Crippen molar-refractivity contribution in [3.05, 3.63) is 0 Å². The van der Waals surface area contributed by atoms with Crippen LogP contribution in [-0.2, 0) is 14.3 Å². The second-order valence-electron chi connectivity index (χ2n) is 7.53. The SMILES string of the molecule is CC(=O)O.CCCCCCCCCCCC(=O)OCC1CCN(C)CC1. The van der Waals surface area contributed by atoms with Gasteiger partial charge in [0.15, 0.2) is 0 Å². The van der Waals surface area contributed by atoms with Crippen molar-refractivity contribution < 1.29 is 19.4 Å². The number of unbranched alkanes of at least 4 members (excludes halogenated alkanes) is 8. The molecule has 1 rings (SSSR count). The monoisotopic (exact) mass is 371 g/mol. The van der Waals surface area contributed by atoms with E-state index in [9.17, 15) is 4.79 Å². The molecule has 0 amide bonds. The van der Waals surface area contributed by atoms with E-state index in [1.807, 2.05) is 0 Å². The van der Waals surface area contributed by atoms with E-state index in [4.69, 9.17) is 14.6 Å². The Balaban J connectivity index is 0.00000141. The Morgan fingerprint density at radius 3 is 1.92 bits per heavy atom. The van der Waals surface area contributed by atoms with E-state index < -0.39 is 5.97 Å². The molecule has 154 valence electrons. The normalized spacial score (nSPS) is 15.2. The van der Waals surface area contributed by atoms with Crippen molar-refractivity contribution in [3.63, 3.8) is 0 Å². The van der Waals surface area contributed by atoms with Crippen molar-refractivity contribution in [2.24, 2.45) is 5.92 Å². The summed E-state index contributed by atoms with van der Waals surface area (Å²) in [7, 11) is 2.16. The zero-order valence-electron chi connectivity index (χ0n) is 17.3. The predicted molar refractivity (Wildman–Crippen MR) is 106 cm³/mol. The maximum atomic E-state index is 11.7. The topological polar surface area (TPSA) is 66.8 Å². The number of rotatable bonds is 12. The minimum absolute atomic E-state index is 0.0156. The number of carboxylic acids is 1. The van der Waals surface area contributed by atoms with Crippen LogP contribution in [0, 0.1) is 5.92 Å². The van der Waals surface area contributed by atoms with Crippen LogP contribution in [0.1, 0.15) is 90.9 Å². The van der Waals surface area contributed by atoms with E-state index in [0.29, 0.717) is 18.9 Å². The van der Waals surface area contributed by atoms with Crippen LogP contribution in [0.25, 0.3) is 0 Å². The number of esters is 1. The maximum absolute atomic E-state index is 11.7. The molecule has 0 spiro atoms. The van der Waals surface area contributed by atoms with Gasteiger partial charge in [0, 0.05) is 13.3 Å². The highest BCUT2D eigenvalue weighted by molar-refractivity contribution is 5.69. The number of nitrogens with zero attached hydrogens (tertiary/aromatic N) is 1. The van der Waals surface area contributed by atoms with Crippen molar-refractivity contribution in [2.75, 3.05) is 26.7 Å². The second kappa shape index (κ2) is 17.3. The van der Waals surface area contributed by atoms with E-state index in [1.54, 1.807) is 0 Å². The fourth-order valence-corrected chi connectivity index (χ4v) is 3.09. The Morgan fingerprint density at radius 1 is 0.962 bits per heavy atom. The lowest BCUT2D eigenvalue weighted by Gasteiger charge is -2.28. The Bertz CT molecular complexity index is 348. The van der Waals surface area contributed by atoms with Crippen LogP contribution in [0.5, 0.6) is 0 Å². The molecule has 1 fully saturated rings. The lowest BCUT2D eigenvalue weighted by Crippen LogP contribution is -2.32. The lowest BCUT2D eigenvalue weighted by molar-refractivity contribution is -0.145. The first-order chi connectivity index (χ1) is 12.5. The molecule has 1 saturated heterocycles. The van der Waals surface area contributed by atoms with E-state index >= 15 is 0 Å². The molecule has 0 atom stereocenters. The van der Waals surface area contributed by atoms with Gasteiger partial charge in [-0.3, -0.25) is 9.59 Å². The molecule has 0 saturated carbocycles. The first-order valence-electron chi connectivity index (χ1n) is 10.5. The summed E-state index contributed by atoms with van der Waals surface area (Å²) < 4.78 is 5.43. The summed E-state index contributed by atoms with van der Waals surface area (Å²) in [5.41, 5.74) is 0. The molecule has 0 aromatic carbocycles. The highest BCUT2D eigenvalue weighted by Crippen LogP contribution is 2.16. The molecule has 1 aliphatic rings. The Hall–Kier alpha value is -1.10. The number of piperidine rings is 1. The van der Waals surface area contributed by atoms with Gasteiger partial charge in [0.25, 0.3) is 5.97 Å². The fourth-order valence-electron chi connectivity index (χ4n) is 3.09. The van der Waals surface area contributed by atoms with Crippen LogP contribution in [0.2, 0.25) is 0 Å². The van der Waals surface area contributed by atoms with Gasteiger partial charge in [-0.2, -0.15) is 0 Å². The number of hydrogen-bond acceptors (Lipinski definition) is 4. The van der Waals surface area contributed by atoms with Gasteiger partial charge in [0.1, 0.15) is 0 Å². The summed E-state index contributed by atoms with van der Waals surface area (Å²) in [5.74, 6) is -0.231. The first-order valence-corrected chi connectivity index (χ1v) is 10.5. The lowest BCUT2D eigenvalue weighted by atomic mass is 9.98. The van der Waals surface area contributed by atoms with Gasteiger partial charge in [-0.25, -0.2) is 0 Å². The number of carboxylic acid groups (broad SMARTS) is 1. The summed E-state index contributed by atoms with van der Waals surface area (Å²) in [5, 5.41) is 7.42. The van der Waals surface area contributed by atoms with Crippen molar-refractivity contribution in [1.82, 2.24) is 4.90 Å². The zero-order valence-corrected chi connectivity index (χ0v) is 17.3. The molecule has 5 nitrogen and oxygen atoms in total. The van der Waals surface area contributed by atoms with Gasteiger partial charge in [0.05, 0.1) is 6.61 Å². The summed E-state index contributed by atoms with van der Waals surface area (Å²) in [6, 6.07) is 0.